The monoisotopic (exact) mass is 323 g/mol. The second-order valence-corrected chi connectivity index (χ2v) is 5.45. The second-order valence-electron chi connectivity index (χ2n) is 5.45. The Morgan fingerprint density at radius 1 is 1.21 bits per heavy atom. The first-order chi connectivity index (χ1) is 11.5. The number of carbonyl (C=O) groups is 2. The molecule has 0 aliphatic heterocycles. The van der Waals surface area contributed by atoms with Gasteiger partial charge in [0.1, 0.15) is 5.75 Å². The lowest BCUT2D eigenvalue weighted by molar-refractivity contribution is -0.119. The van der Waals surface area contributed by atoms with Crippen molar-refractivity contribution in [2.24, 2.45) is 5.73 Å². The Morgan fingerprint density at radius 3 is 2.75 bits per heavy atom. The van der Waals surface area contributed by atoms with Crippen LogP contribution in [-0.2, 0) is 4.79 Å². The number of nitrogens with one attached hydrogen (secondary N) is 1. The molecule has 0 aliphatic carbocycles. The van der Waals surface area contributed by atoms with E-state index < -0.39 is 5.91 Å². The van der Waals surface area contributed by atoms with E-state index in [1.807, 2.05) is 41.8 Å². The normalized spacial score (nSPS) is 10.5. The number of hydrogen-bond donors (Lipinski definition) is 2. The van der Waals surface area contributed by atoms with E-state index in [1.54, 1.807) is 24.4 Å². The fourth-order valence-electron chi connectivity index (χ4n) is 2.39. The molecule has 3 rings (SSSR count). The largest absolute Gasteiger partial charge is 0.484 e. The molecule has 122 valence electrons. The minimum Gasteiger partial charge on any atom is -0.484 e. The van der Waals surface area contributed by atoms with Gasteiger partial charge in [0.25, 0.3) is 11.8 Å². The summed E-state index contributed by atoms with van der Waals surface area (Å²) in [6, 6.07) is 12.8. The van der Waals surface area contributed by atoms with Gasteiger partial charge >= 0.3 is 0 Å². The molecule has 2 aromatic heterocycles. The van der Waals surface area contributed by atoms with Gasteiger partial charge in [-0.05, 0) is 48.9 Å². The molecular formula is C18H17N3O3. The van der Waals surface area contributed by atoms with Gasteiger partial charge in [-0.2, -0.15) is 0 Å². The Labute approximate surface area is 138 Å². The minimum absolute atomic E-state index is 0.178. The molecule has 0 saturated heterocycles. The zero-order valence-corrected chi connectivity index (χ0v) is 13.2. The van der Waals surface area contributed by atoms with Crippen molar-refractivity contribution in [1.29, 1.82) is 0 Å². The third kappa shape index (κ3) is 3.38. The van der Waals surface area contributed by atoms with Crippen molar-refractivity contribution in [3.8, 4) is 5.75 Å². The fourth-order valence-corrected chi connectivity index (χ4v) is 2.39. The Hall–Kier alpha value is -3.28. The Bertz CT molecular complexity index is 882. The molecular weight excluding hydrogens is 306 g/mol. The number of fused-ring (bicyclic) bond motifs is 1. The number of anilines is 1. The topological polar surface area (TPSA) is 85.8 Å². The molecule has 0 spiro atoms. The van der Waals surface area contributed by atoms with Gasteiger partial charge in [0.15, 0.2) is 6.61 Å². The van der Waals surface area contributed by atoms with Gasteiger partial charge in [0.2, 0.25) is 0 Å². The van der Waals surface area contributed by atoms with Crippen molar-refractivity contribution >= 4 is 23.0 Å². The average molecular weight is 323 g/mol. The summed E-state index contributed by atoms with van der Waals surface area (Å²) in [5, 5.41) is 2.88. The van der Waals surface area contributed by atoms with E-state index in [1.165, 1.54) is 0 Å². The van der Waals surface area contributed by atoms with E-state index in [9.17, 15) is 9.59 Å². The van der Waals surface area contributed by atoms with Crippen molar-refractivity contribution in [2.45, 2.75) is 6.92 Å². The highest BCUT2D eigenvalue weighted by Gasteiger charge is 2.11. The van der Waals surface area contributed by atoms with E-state index in [4.69, 9.17) is 10.5 Å². The molecule has 3 N–H and O–H groups in total. The molecule has 0 fully saturated rings. The third-order valence-corrected chi connectivity index (χ3v) is 3.59. The Balaban J connectivity index is 1.75. The first kappa shape index (κ1) is 15.6. The second kappa shape index (κ2) is 6.45. The van der Waals surface area contributed by atoms with Crippen LogP contribution >= 0.6 is 0 Å². The number of aryl methyl sites for hydroxylation is 1. The number of hydrogen-bond acceptors (Lipinski definition) is 3. The number of rotatable bonds is 5. The molecule has 0 radical (unpaired) electrons. The molecule has 3 aromatic rings. The zero-order chi connectivity index (χ0) is 17.1. The van der Waals surface area contributed by atoms with Crippen LogP contribution in [-0.4, -0.2) is 22.8 Å². The summed E-state index contributed by atoms with van der Waals surface area (Å²) >= 11 is 0. The van der Waals surface area contributed by atoms with E-state index in [-0.39, 0.29) is 12.5 Å². The van der Waals surface area contributed by atoms with Gasteiger partial charge in [0, 0.05) is 23.6 Å². The van der Waals surface area contributed by atoms with Crippen LogP contribution in [0.5, 0.6) is 5.75 Å². The first-order valence-electron chi connectivity index (χ1n) is 7.43. The summed E-state index contributed by atoms with van der Waals surface area (Å²) in [6.45, 7) is 1.67. The van der Waals surface area contributed by atoms with E-state index in [0.717, 1.165) is 11.1 Å². The molecule has 0 bridgehead atoms. The highest BCUT2D eigenvalue weighted by atomic mass is 16.5. The summed E-state index contributed by atoms with van der Waals surface area (Å²) in [7, 11) is 0. The lowest BCUT2D eigenvalue weighted by atomic mass is 10.2. The van der Waals surface area contributed by atoms with Gasteiger partial charge in [-0.15, -0.1) is 0 Å². The van der Waals surface area contributed by atoms with Crippen molar-refractivity contribution < 1.29 is 14.3 Å². The van der Waals surface area contributed by atoms with Crippen molar-refractivity contribution in [2.75, 3.05) is 11.9 Å². The smallest absolute Gasteiger partial charge is 0.257 e. The zero-order valence-electron chi connectivity index (χ0n) is 13.2. The number of aromatic nitrogens is 1. The predicted molar refractivity (Wildman–Crippen MR) is 91.2 cm³/mol. The van der Waals surface area contributed by atoms with E-state index in [0.29, 0.717) is 17.0 Å². The van der Waals surface area contributed by atoms with Crippen molar-refractivity contribution in [3.63, 3.8) is 0 Å². The van der Waals surface area contributed by atoms with Crippen LogP contribution in [0.3, 0.4) is 0 Å². The summed E-state index contributed by atoms with van der Waals surface area (Å²) in [6.07, 6.45) is 3.67. The maximum atomic E-state index is 12.4. The number of pyridine rings is 1. The summed E-state index contributed by atoms with van der Waals surface area (Å²) in [5.41, 5.74) is 8.09. The van der Waals surface area contributed by atoms with Crippen molar-refractivity contribution in [1.82, 2.24) is 4.40 Å². The number of benzene rings is 1. The van der Waals surface area contributed by atoms with Crippen LogP contribution in [0, 0.1) is 6.92 Å². The maximum Gasteiger partial charge on any atom is 0.257 e. The Kier molecular flexibility index (Phi) is 4.20. The molecule has 0 unspecified atom stereocenters. The van der Waals surface area contributed by atoms with Crippen LogP contribution in [0.25, 0.3) is 5.52 Å². The van der Waals surface area contributed by atoms with Crippen molar-refractivity contribution in [3.05, 3.63) is 66.0 Å². The quantitative estimate of drug-likeness (QED) is 0.756. The molecule has 6 nitrogen and oxygen atoms in total. The summed E-state index contributed by atoms with van der Waals surface area (Å²) in [4.78, 5) is 23.2. The standard InChI is InChI=1S/C18H17N3O3/c1-12-8-15(24-11-17(19)22)5-6-16(12)20-18(23)13-9-14-4-2-3-7-21(14)10-13/h2-10H,11H2,1H3,(H2,19,22)(H,20,23). The van der Waals surface area contributed by atoms with Crippen LogP contribution < -0.4 is 15.8 Å². The van der Waals surface area contributed by atoms with Gasteiger partial charge in [-0.25, -0.2) is 0 Å². The van der Waals surface area contributed by atoms with Crippen LogP contribution in [0.4, 0.5) is 5.69 Å². The molecule has 0 aliphatic rings. The summed E-state index contributed by atoms with van der Waals surface area (Å²) < 4.78 is 7.13. The molecule has 24 heavy (non-hydrogen) atoms. The fraction of sp³-hybridized carbons (Fsp3) is 0.111. The number of primary amides is 1. The first-order valence-corrected chi connectivity index (χ1v) is 7.43. The van der Waals surface area contributed by atoms with E-state index >= 15 is 0 Å². The third-order valence-electron chi connectivity index (χ3n) is 3.59. The molecule has 2 heterocycles. The van der Waals surface area contributed by atoms with Gasteiger partial charge in [-0.1, -0.05) is 6.07 Å². The number of amides is 2. The molecule has 6 heteroatoms. The van der Waals surface area contributed by atoms with Crippen LogP contribution in [0.15, 0.2) is 54.9 Å². The molecule has 0 atom stereocenters. The average Bonchev–Trinajstić information content (AvgIpc) is 2.99. The summed E-state index contributed by atoms with van der Waals surface area (Å²) in [5.74, 6) is -0.197. The highest BCUT2D eigenvalue weighted by molar-refractivity contribution is 6.05. The number of ether oxygens (including phenoxy) is 1. The maximum absolute atomic E-state index is 12.4. The van der Waals surface area contributed by atoms with Crippen LogP contribution in [0.2, 0.25) is 0 Å². The SMILES string of the molecule is Cc1cc(OCC(N)=O)ccc1NC(=O)c1cc2ccccn2c1. The Morgan fingerprint density at radius 2 is 2.04 bits per heavy atom. The predicted octanol–water partition coefficient (Wildman–Crippen LogP) is 2.36. The number of nitrogens with two attached hydrogens (primary N) is 1. The molecule has 2 amide bonds. The van der Waals surface area contributed by atoms with Gasteiger partial charge < -0.3 is 20.2 Å². The van der Waals surface area contributed by atoms with Gasteiger partial charge in [-0.3, -0.25) is 9.59 Å². The van der Waals surface area contributed by atoms with Crippen LogP contribution in [0.1, 0.15) is 15.9 Å². The highest BCUT2D eigenvalue weighted by Crippen LogP contribution is 2.22. The lowest BCUT2D eigenvalue weighted by Crippen LogP contribution is -2.20. The van der Waals surface area contributed by atoms with Gasteiger partial charge in [0.05, 0.1) is 5.56 Å². The van der Waals surface area contributed by atoms with E-state index in [2.05, 4.69) is 5.32 Å². The number of nitrogens with zero attached hydrogens (tertiary/aromatic N) is 1. The minimum atomic E-state index is -0.536. The number of carbonyl (C=O) groups excluding carboxylic acids is 2. The molecule has 0 saturated carbocycles. The molecule has 1 aromatic carbocycles. The lowest BCUT2D eigenvalue weighted by Gasteiger charge is -2.10.